The first-order valence-electron chi connectivity index (χ1n) is 6.52. The number of nitrogens with zero attached hydrogens (tertiary/aromatic N) is 1. The second-order valence-corrected chi connectivity index (χ2v) is 5.46. The Kier molecular flexibility index (Phi) is 4.59. The molecule has 0 fully saturated rings. The molecule has 2 amide bonds. The van der Waals surface area contributed by atoms with Crippen LogP contribution < -0.4 is 16.0 Å². The molecule has 0 radical (unpaired) electrons. The maximum atomic E-state index is 12.2. The van der Waals surface area contributed by atoms with Crippen molar-refractivity contribution in [2.75, 3.05) is 23.8 Å². The van der Waals surface area contributed by atoms with Crippen LogP contribution in [0.15, 0.2) is 35.7 Å². The number of amides is 2. The molecule has 0 aliphatic carbocycles. The van der Waals surface area contributed by atoms with Gasteiger partial charge in [0.25, 0.3) is 5.91 Å². The predicted octanol–water partition coefficient (Wildman–Crippen LogP) is 2.56. The molecule has 5 nitrogen and oxygen atoms in total. The van der Waals surface area contributed by atoms with E-state index in [1.807, 2.05) is 43.1 Å². The van der Waals surface area contributed by atoms with E-state index in [0.29, 0.717) is 10.4 Å². The molecule has 1 aromatic carbocycles. The highest BCUT2D eigenvalue weighted by molar-refractivity contribution is 7.12. The van der Waals surface area contributed by atoms with Gasteiger partial charge in [-0.25, -0.2) is 0 Å². The predicted molar refractivity (Wildman–Crippen MR) is 86.2 cm³/mol. The molecule has 0 bridgehead atoms. The zero-order valence-electron chi connectivity index (χ0n) is 11.9. The first-order valence-corrected chi connectivity index (χ1v) is 7.40. The van der Waals surface area contributed by atoms with Gasteiger partial charge >= 0.3 is 0 Å². The standard InChI is InChI=1S/C15H17N3O2S/c1-3-18(2)12-7-5-4-6-11(12)17-15(20)13-8-10(9-21-13)14(16)19/h4-9H,3H2,1-2H3,(H2,16,19)(H,17,20). The number of nitrogens with one attached hydrogen (secondary N) is 1. The molecule has 6 heteroatoms. The van der Waals surface area contributed by atoms with Crippen LogP contribution in [0.3, 0.4) is 0 Å². The van der Waals surface area contributed by atoms with E-state index in [1.165, 1.54) is 17.4 Å². The van der Waals surface area contributed by atoms with Gasteiger partial charge in [0.1, 0.15) is 0 Å². The third kappa shape index (κ3) is 3.41. The first-order chi connectivity index (χ1) is 10.0. The minimum atomic E-state index is -0.531. The number of carbonyl (C=O) groups is 2. The zero-order valence-corrected chi connectivity index (χ0v) is 12.7. The van der Waals surface area contributed by atoms with Crippen molar-refractivity contribution < 1.29 is 9.59 Å². The molecule has 1 aromatic heterocycles. The molecule has 110 valence electrons. The van der Waals surface area contributed by atoms with E-state index in [9.17, 15) is 9.59 Å². The molecule has 21 heavy (non-hydrogen) atoms. The van der Waals surface area contributed by atoms with Crippen molar-refractivity contribution in [3.63, 3.8) is 0 Å². The molecule has 2 rings (SSSR count). The van der Waals surface area contributed by atoms with Gasteiger partial charge in [0.15, 0.2) is 0 Å². The summed E-state index contributed by atoms with van der Waals surface area (Å²) in [6.07, 6.45) is 0. The average molecular weight is 303 g/mol. The monoisotopic (exact) mass is 303 g/mol. The molecule has 0 unspecified atom stereocenters. The Labute approximate surface area is 127 Å². The van der Waals surface area contributed by atoms with Gasteiger partial charge in [0, 0.05) is 19.0 Å². The molecular formula is C15H17N3O2S. The van der Waals surface area contributed by atoms with Gasteiger partial charge in [0.05, 0.1) is 21.8 Å². The summed E-state index contributed by atoms with van der Waals surface area (Å²) in [4.78, 5) is 25.8. The Balaban J connectivity index is 2.21. The molecule has 0 saturated carbocycles. The van der Waals surface area contributed by atoms with Crippen molar-refractivity contribution in [1.82, 2.24) is 0 Å². The van der Waals surface area contributed by atoms with Gasteiger partial charge in [-0.3, -0.25) is 9.59 Å². The number of nitrogens with two attached hydrogens (primary N) is 1. The summed E-state index contributed by atoms with van der Waals surface area (Å²) in [7, 11) is 1.96. The summed E-state index contributed by atoms with van der Waals surface area (Å²) in [5.41, 5.74) is 7.22. The Morgan fingerprint density at radius 3 is 2.67 bits per heavy atom. The lowest BCUT2D eigenvalue weighted by Crippen LogP contribution is -2.19. The highest BCUT2D eigenvalue weighted by Crippen LogP contribution is 2.25. The number of benzene rings is 1. The smallest absolute Gasteiger partial charge is 0.265 e. The fourth-order valence-corrected chi connectivity index (χ4v) is 2.64. The molecule has 0 spiro atoms. The Morgan fingerprint density at radius 1 is 1.33 bits per heavy atom. The van der Waals surface area contributed by atoms with Gasteiger partial charge in [0.2, 0.25) is 5.91 Å². The third-order valence-corrected chi connectivity index (χ3v) is 4.07. The van der Waals surface area contributed by atoms with Crippen LogP contribution in [0, 0.1) is 0 Å². The number of carbonyl (C=O) groups excluding carboxylic acids is 2. The van der Waals surface area contributed by atoms with Crippen LogP contribution in [0.4, 0.5) is 11.4 Å². The van der Waals surface area contributed by atoms with Gasteiger partial charge in [-0.05, 0) is 25.1 Å². The van der Waals surface area contributed by atoms with E-state index in [1.54, 1.807) is 5.38 Å². The minimum Gasteiger partial charge on any atom is -0.373 e. The van der Waals surface area contributed by atoms with E-state index in [0.717, 1.165) is 17.9 Å². The molecular weight excluding hydrogens is 286 g/mol. The van der Waals surface area contributed by atoms with E-state index in [-0.39, 0.29) is 5.91 Å². The van der Waals surface area contributed by atoms with Crippen LogP contribution in [0.1, 0.15) is 27.0 Å². The highest BCUT2D eigenvalue weighted by Gasteiger charge is 2.14. The number of anilines is 2. The molecule has 1 heterocycles. The summed E-state index contributed by atoms with van der Waals surface area (Å²) >= 11 is 1.20. The maximum absolute atomic E-state index is 12.2. The highest BCUT2D eigenvalue weighted by atomic mass is 32.1. The number of para-hydroxylation sites is 2. The van der Waals surface area contributed by atoms with Crippen molar-refractivity contribution in [3.05, 3.63) is 46.2 Å². The molecule has 0 aliphatic rings. The van der Waals surface area contributed by atoms with E-state index < -0.39 is 5.91 Å². The van der Waals surface area contributed by atoms with Crippen LogP contribution in [0.5, 0.6) is 0 Å². The molecule has 3 N–H and O–H groups in total. The lowest BCUT2D eigenvalue weighted by molar-refractivity contribution is 0.100. The maximum Gasteiger partial charge on any atom is 0.265 e. The SMILES string of the molecule is CCN(C)c1ccccc1NC(=O)c1cc(C(N)=O)cs1. The van der Waals surface area contributed by atoms with Crippen molar-refractivity contribution in [3.8, 4) is 0 Å². The van der Waals surface area contributed by atoms with Crippen LogP contribution in [0.25, 0.3) is 0 Å². The van der Waals surface area contributed by atoms with E-state index in [2.05, 4.69) is 5.32 Å². The van der Waals surface area contributed by atoms with Gasteiger partial charge in [-0.1, -0.05) is 12.1 Å². The molecule has 0 atom stereocenters. The topological polar surface area (TPSA) is 75.4 Å². The normalized spacial score (nSPS) is 10.2. The summed E-state index contributed by atoms with van der Waals surface area (Å²) in [5.74, 6) is -0.777. The Bertz CT molecular complexity index is 666. The van der Waals surface area contributed by atoms with Crippen molar-refractivity contribution >= 4 is 34.5 Å². The number of thiophene rings is 1. The first kappa shape index (κ1) is 15.1. The summed E-state index contributed by atoms with van der Waals surface area (Å²) in [6.45, 7) is 2.87. The zero-order chi connectivity index (χ0) is 15.4. The fraction of sp³-hybridized carbons (Fsp3) is 0.200. The second kappa shape index (κ2) is 6.41. The molecule has 0 aliphatic heterocycles. The van der Waals surface area contributed by atoms with Crippen molar-refractivity contribution in [2.45, 2.75) is 6.92 Å². The number of hydrogen-bond donors (Lipinski definition) is 2. The van der Waals surface area contributed by atoms with Gasteiger partial charge in [-0.2, -0.15) is 0 Å². The molecule has 2 aromatic rings. The minimum absolute atomic E-state index is 0.246. The number of rotatable bonds is 5. The van der Waals surface area contributed by atoms with Crippen molar-refractivity contribution in [2.24, 2.45) is 5.73 Å². The van der Waals surface area contributed by atoms with Crippen LogP contribution in [0.2, 0.25) is 0 Å². The van der Waals surface area contributed by atoms with Gasteiger partial charge in [-0.15, -0.1) is 11.3 Å². The summed E-state index contributed by atoms with van der Waals surface area (Å²) in [6, 6.07) is 9.10. The fourth-order valence-electron chi connectivity index (χ4n) is 1.85. The Morgan fingerprint density at radius 2 is 2.05 bits per heavy atom. The third-order valence-electron chi connectivity index (χ3n) is 3.15. The summed E-state index contributed by atoms with van der Waals surface area (Å²) < 4.78 is 0. The van der Waals surface area contributed by atoms with E-state index >= 15 is 0 Å². The van der Waals surface area contributed by atoms with Crippen LogP contribution in [-0.4, -0.2) is 25.4 Å². The average Bonchev–Trinajstić information content (AvgIpc) is 2.97. The van der Waals surface area contributed by atoms with Crippen LogP contribution in [-0.2, 0) is 0 Å². The lowest BCUT2D eigenvalue weighted by Gasteiger charge is -2.20. The van der Waals surface area contributed by atoms with Crippen LogP contribution >= 0.6 is 11.3 Å². The van der Waals surface area contributed by atoms with Crippen molar-refractivity contribution in [1.29, 1.82) is 0 Å². The largest absolute Gasteiger partial charge is 0.373 e. The van der Waals surface area contributed by atoms with Gasteiger partial charge < -0.3 is 16.0 Å². The van der Waals surface area contributed by atoms with E-state index in [4.69, 9.17) is 5.73 Å². The molecule has 0 saturated heterocycles. The number of primary amides is 1. The quantitative estimate of drug-likeness (QED) is 0.891. The second-order valence-electron chi connectivity index (χ2n) is 4.55. The summed E-state index contributed by atoms with van der Waals surface area (Å²) in [5, 5.41) is 4.46. The Hall–Kier alpha value is -2.34. The lowest BCUT2D eigenvalue weighted by atomic mass is 10.2. The number of hydrogen-bond acceptors (Lipinski definition) is 4.